The van der Waals surface area contributed by atoms with E-state index in [1.807, 2.05) is 0 Å². The summed E-state index contributed by atoms with van der Waals surface area (Å²) >= 11 is 2.07. The van der Waals surface area contributed by atoms with Gasteiger partial charge in [0.1, 0.15) is 3.70 Å². The first-order valence-corrected chi connectivity index (χ1v) is 3.13. The predicted octanol–water partition coefficient (Wildman–Crippen LogP) is 1.66. The number of allylic oxidation sites excluding steroid dienone is 1. The first-order valence-electron chi connectivity index (χ1n) is 2.06. The molecule has 0 rings (SSSR count). The maximum Gasteiger partial charge on any atom is 0.102 e. The van der Waals surface area contributed by atoms with Gasteiger partial charge in [0.2, 0.25) is 0 Å². The van der Waals surface area contributed by atoms with Crippen LogP contribution in [-0.4, -0.2) is 20.0 Å². The fourth-order valence-electron chi connectivity index (χ4n) is 0.189. The molecule has 0 fully saturated rings. The van der Waals surface area contributed by atoms with E-state index in [2.05, 4.69) is 39.3 Å². The Morgan fingerprint density at radius 1 is 1.75 bits per heavy atom. The molecule has 0 spiro atoms. The van der Waals surface area contributed by atoms with Crippen LogP contribution in [0.2, 0.25) is 0 Å². The molecule has 0 unspecified atom stereocenters. The monoisotopic (exact) mass is 222 g/mol. The third-order valence-electron chi connectivity index (χ3n) is 0.512. The summed E-state index contributed by atoms with van der Waals surface area (Å²) < 4.78 is 0.855. The summed E-state index contributed by atoms with van der Waals surface area (Å²) in [5.74, 6) is 0. The first kappa shape index (κ1) is 7.81. The summed E-state index contributed by atoms with van der Waals surface area (Å²) in [6.07, 6.45) is 3.46. The van der Waals surface area contributed by atoms with Crippen molar-refractivity contribution in [2.24, 2.45) is 9.98 Å². The zero-order chi connectivity index (χ0) is 6.41. The summed E-state index contributed by atoms with van der Waals surface area (Å²) in [4.78, 5) is 7.36. The Morgan fingerprint density at radius 2 is 2.38 bits per heavy atom. The van der Waals surface area contributed by atoms with Crippen LogP contribution in [0.3, 0.4) is 0 Å². The predicted molar refractivity (Wildman–Crippen MR) is 46.1 cm³/mol. The summed E-state index contributed by atoms with van der Waals surface area (Å²) in [7, 11) is 1.71. The third kappa shape index (κ3) is 3.98. The van der Waals surface area contributed by atoms with Gasteiger partial charge in [0.05, 0.1) is 0 Å². The second-order valence-electron chi connectivity index (χ2n) is 1.05. The second kappa shape index (κ2) is 4.96. The minimum absolute atomic E-state index is 0.855. The highest BCUT2D eigenvalue weighted by molar-refractivity contribution is 14.1. The number of hydrogen-bond donors (Lipinski definition) is 0. The van der Waals surface area contributed by atoms with Gasteiger partial charge in [-0.05, 0) is 35.4 Å². The van der Waals surface area contributed by atoms with Gasteiger partial charge in [0.15, 0.2) is 0 Å². The van der Waals surface area contributed by atoms with Crippen LogP contribution in [-0.2, 0) is 0 Å². The van der Waals surface area contributed by atoms with Crippen molar-refractivity contribution < 1.29 is 0 Å². The van der Waals surface area contributed by atoms with Crippen LogP contribution in [0.4, 0.5) is 0 Å². The van der Waals surface area contributed by atoms with Crippen LogP contribution >= 0.6 is 22.6 Å². The number of hydrogen-bond acceptors (Lipinski definition) is 2. The molecule has 0 bridgehead atoms. The van der Waals surface area contributed by atoms with E-state index in [-0.39, 0.29) is 0 Å². The lowest BCUT2D eigenvalue weighted by atomic mass is 10.7. The Kier molecular flexibility index (Phi) is 4.84. The van der Waals surface area contributed by atoms with E-state index in [9.17, 15) is 0 Å². The fourth-order valence-corrected chi connectivity index (χ4v) is 0.350. The number of halogens is 1. The average Bonchev–Trinajstić information content (AvgIpc) is 1.83. The van der Waals surface area contributed by atoms with Gasteiger partial charge in [0.25, 0.3) is 0 Å². The van der Waals surface area contributed by atoms with Crippen LogP contribution in [0.5, 0.6) is 0 Å². The average molecular weight is 222 g/mol. The molecular formula is C5H7IN2. The molecule has 0 aliphatic rings. The summed E-state index contributed by atoms with van der Waals surface area (Å²) in [6.45, 7) is 3.33. The van der Waals surface area contributed by atoms with Gasteiger partial charge in [0, 0.05) is 13.3 Å². The van der Waals surface area contributed by atoms with Crippen molar-refractivity contribution in [1.29, 1.82) is 0 Å². The lowest BCUT2D eigenvalue weighted by Crippen LogP contribution is -1.64. The molecule has 0 aromatic rings. The zero-order valence-corrected chi connectivity index (χ0v) is 6.79. The first-order chi connectivity index (χ1) is 3.81. The maximum atomic E-state index is 3.73. The van der Waals surface area contributed by atoms with Crippen LogP contribution in [0.25, 0.3) is 0 Å². The lowest BCUT2D eigenvalue weighted by molar-refractivity contribution is 1.47. The van der Waals surface area contributed by atoms with Crippen molar-refractivity contribution in [2.75, 3.05) is 7.05 Å². The van der Waals surface area contributed by atoms with Crippen LogP contribution < -0.4 is 0 Å². The molecule has 0 aromatic heterocycles. The molecule has 0 saturated carbocycles. The zero-order valence-electron chi connectivity index (χ0n) is 4.63. The van der Waals surface area contributed by atoms with E-state index in [0.29, 0.717) is 0 Å². The van der Waals surface area contributed by atoms with Crippen LogP contribution in [0.1, 0.15) is 0 Å². The maximum absolute atomic E-state index is 3.73. The van der Waals surface area contributed by atoms with E-state index >= 15 is 0 Å². The smallest absolute Gasteiger partial charge is 0.102 e. The molecule has 0 saturated heterocycles. The van der Waals surface area contributed by atoms with E-state index < -0.39 is 0 Å². The van der Waals surface area contributed by atoms with Gasteiger partial charge in [-0.1, -0.05) is 0 Å². The van der Waals surface area contributed by atoms with E-state index in [1.54, 1.807) is 19.3 Å². The summed E-state index contributed by atoms with van der Waals surface area (Å²) in [6, 6.07) is 0. The van der Waals surface area contributed by atoms with Crippen molar-refractivity contribution in [2.45, 2.75) is 0 Å². The Balaban J connectivity index is 3.74. The molecule has 0 aliphatic heterocycles. The minimum Gasteiger partial charge on any atom is -0.296 e. The Labute approximate surface area is 62.6 Å². The van der Waals surface area contributed by atoms with Gasteiger partial charge in [-0.3, -0.25) is 9.98 Å². The van der Waals surface area contributed by atoms with E-state index in [4.69, 9.17) is 0 Å². The van der Waals surface area contributed by atoms with Crippen LogP contribution in [0.15, 0.2) is 19.8 Å². The van der Waals surface area contributed by atoms with E-state index in [1.165, 1.54) is 0 Å². The Morgan fingerprint density at radius 3 is 2.75 bits per heavy atom. The highest BCUT2D eigenvalue weighted by Crippen LogP contribution is 2.02. The second-order valence-corrected chi connectivity index (χ2v) is 2.16. The minimum atomic E-state index is 0.855. The quantitative estimate of drug-likeness (QED) is 0.385. The molecule has 44 valence electrons. The fraction of sp³-hybridized carbons (Fsp3) is 0.200. The van der Waals surface area contributed by atoms with E-state index in [0.717, 1.165) is 3.70 Å². The lowest BCUT2D eigenvalue weighted by Gasteiger charge is -1.78. The normalized spacial score (nSPS) is 12.5. The summed E-state index contributed by atoms with van der Waals surface area (Å²) in [5.41, 5.74) is 0. The number of aliphatic imine (C=N–C) groups is 2. The standard InChI is InChI=1S/C5H7IN2/c1-7-4-3-5(6)8-2/h3-4H,2H2,1H3/b5-3-,7-4?. The molecule has 0 N–H and O–H groups in total. The molecule has 2 nitrogen and oxygen atoms in total. The Hall–Kier alpha value is -0.190. The third-order valence-corrected chi connectivity index (χ3v) is 1.21. The number of nitrogens with zero attached hydrogens (tertiary/aromatic N) is 2. The Bertz CT molecular complexity index is 126. The molecule has 8 heavy (non-hydrogen) atoms. The van der Waals surface area contributed by atoms with Gasteiger partial charge in [-0.25, -0.2) is 0 Å². The van der Waals surface area contributed by atoms with Crippen molar-refractivity contribution >= 4 is 35.5 Å². The summed E-state index contributed by atoms with van der Waals surface area (Å²) in [5, 5.41) is 0. The van der Waals surface area contributed by atoms with Crippen molar-refractivity contribution in [1.82, 2.24) is 0 Å². The van der Waals surface area contributed by atoms with Gasteiger partial charge in [-0.15, -0.1) is 0 Å². The van der Waals surface area contributed by atoms with Crippen LogP contribution in [0, 0.1) is 0 Å². The molecule has 0 atom stereocenters. The SMILES string of the molecule is C=N/C(I)=C\C=NC. The molecule has 0 aromatic carbocycles. The highest BCUT2D eigenvalue weighted by atomic mass is 127. The van der Waals surface area contributed by atoms with Crippen molar-refractivity contribution in [3.05, 3.63) is 9.78 Å². The highest BCUT2D eigenvalue weighted by Gasteiger charge is 1.74. The molecule has 0 heterocycles. The molecular weight excluding hydrogens is 215 g/mol. The molecule has 0 radical (unpaired) electrons. The molecule has 0 aliphatic carbocycles. The van der Waals surface area contributed by atoms with Gasteiger partial charge >= 0.3 is 0 Å². The van der Waals surface area contributed by atoms with Gasteiger partial charge < -0.3 is 0 Å². The van der Waals surface area contributed by atoms with Gasteiger partial charge in [-0.2, -0.15) is 0 Å². The number of rotatable bonds is 2. The largest absolute Gasteiger partial charge is 0.296 e. The van der Waals surface area contributed by atoms with Crippen molar-refractivity contribution in [3.8, 4) is 0 Å². The molecule has 0 amide bonds. The molecule has 3 heteroatoms. The topological polar surface area (TPSA) is 24.7 Å². The van der Waals surface area contributed by atoms with Crippen molar-refractivity contribution in [3.63, 3.8) is 0 Å².